The van der Waals surface area contributed by atoms with Gasteiger partial charge in [0, 0.05) is 18.2 Å². The summed E-state index contributed by atoms with van der Waals surface area (Å²) in [6, 6.07) is 3.30. The number of anilines is 1. The van der Waals surface area contributed by atoms with E-state index in [4.69, 9.17) is 5.73 Å². The van der Waals surface area contributed by atoms with E-state index in [2.05, 4.69) is 11.6 Å². The zero-order chi connectivity index (χ0) is 15.6. The van der Waals surface area contributed by atoms with Crippen LogP contribution < -0.4 is 10.5 Å². The number of nitro benzene ring substituents is 1. The lowest BCUT2D eigenvalue weighted by Crippen LogP contribution is -2.37. The Bertz CT molecular complexity index is 637. The minimum absolute atomic E-state index is 0.0965. The number of nitrogens with one attached hydrogen (secondary N) is 1. The first-order valence-electron chi connectivity index (χ1n) is 6.86. The topological polar surface area (TPSA) is 115 Å². The van der Waals surface area contributed by atoms with Crippen molar-refractivity contribution in [1.82, 2.24) is 4.72 Å². The van der Waals surface area contributed by atoms with E-state index in [1.54, 1.807) is 0 Å². The molecule has 7 nitrogen and oxygen atoms in total. The van der Waals surface area contributed by atoms with E-state index in [1.807, 2.05) is 0 Å². The van der Waals surface area contributed by atoms with E-state index in [0.29, 0.717) is 5.92 Å². The Hall–Kier alpha value is -1.67. The van der Waals surface area contributed by atoms with Crippen LogP contribution in [0.5, 0.6) is 0 Å². The van der Waals surface area contributed by atoms with Crippen LogP contribution in [0.3, 0.4) is 0 Å². The fourth-order valence-electron chi connectivity index (χ4n) is 2.55. The third-order valence-electron chi connectivity index (χ3n) is 3.83. The lowest BCUT2D eigenvalue weighted by molar-refractivity contribution is -0.384. The molecule has 21 heavy (non-hydrogen) atoms. The smallest absolute Gasteiger partial charge is 0.271 e. The normalized spacial score (nSPS) is 22.9. The molecule has 2 rings (SSSR count). The Kier molecular flexibility index (Phi) is 4.48. The summed E-state index contributed by atoms with van der Waals surface area (Å²) in [6.07, 6.45) is 3.58. The van der Waals surface area contributed by atoms with E-state index in [-0.39, 0.29) is 22.3 Å². The van der Waals surface area contributed by atoms with Crippen molar-refractivity contribution in [2.45, 2.75) is 43.5 Å². The van der Waals surface area contributed by atoms with E-state index >= 15 is 0 Å². The first-order valence-corrected chi connectivity index (χ1v) is 8.34. The molecule has 0 radical (unpaired) electrons. The number of non-ortho nitro benzene ring substituents is 1. The summed E-state index contributed by atoms with van der Waals surface area (Å²) in [6.45, 7) is 2.15. The molecule has 0 amide bonds. The first kappa shape index (κ1) is 15.7. The number of nitrogen functional groups attached to an aromatic ring is 1. The van der Waals surface area contributed by atoms with E-state index < -0.39 is 14.9 Å². The largest absolute Gasteiger partial charge is 0.397 e. The van der Waals surface area contributed by atoms with Gasteiger partial charge in [-0.2, -0.15) is 0 Å². The summed E-state index contributed by atoms with van der Waals surface area (Å²) in [5.41, 5.74) is 5.31. The molecule has 3 N–H and O–H groups in total. The fourth-order valence-corrected chi connectivity index (χ4v) is 3.97. The van der Waals surface area contributed by atoms with Crippen molar-refractivity contribution >= 4 is 21.4 Å². The summed E-state index contributed by atoms with van der Waals surface area (Å²) >= 11 is 0. The van der Waals surface area contributed by atoms with Crippen molar-refractivity contribution < 1.29 is 13.3 Å². The van der Waals surface area contributed by atoms with Crippen LogP contribution in [0.4, 0.5) is 11.4 Å². The van der Waals surface area contributed by atoms with Crippen molar-refractivity contribution in [2.24, 2.45) is 5.92 Å². The fraction of sp³-hybridized carbons (Fsp3) is 0.538. The molecular formula is C13H19N3O4S. The molecule has 116 valence electrons. The van der Waals surface area contributed by atoms with Crippen molar-refractivity contribution in [3.8, 4) is 0 Å². The van der Waals surface area contributed by atoms with Gasteiger partial charge in [-0.05, 0) is 37.7 Å². The van der Waals surface area contributed by atoms with E-state index in [1.165, 1.54) is 6.07 Å². The zero-order valence-electron chi connectivity index (χ0n) is 11.8. The van der Waals surface area contributed by atoms with Crippen molar-refractivity contribution in [1.29, 1.82) is 0 Å². The number of nitro groups is 1. The molecule has 0 saturated heterocycles. The third kappa shape index (κ3) is 3.70. The molecule has 0 unspecified atom stereocenters. The molecule has 1 aromatic rings. The first-order chi connectivity index (χ1) is 9.79. The van der Waals surface area contributed by atoms with E-state index in [9.17, 15) is 18.5 Å². The van der Waals surface area contributed by atoms with Crippen LogP contribution in [-0.4, -0.2) is 19.4 Å². The van der Waals surface area contributed by atoms with Crippen molar-refractivity contribution in [3.63, 3.8) is 0 Å². The highest BCUT2D eigenvalue weighted by atomic mass is 32.2. The maximum Gasteiger partial charge on any atom is 0.271 e. The number of hydrogen-bond acceptors (Lipinski definition) is 5. The number of hydrogen-bond donors (Lipinski definition) is 2. The predicted octanol–water partition coefficient (Wildman–Crippen LogP) is 2.03. The molecule has 0 heterocycles. The highest BCUT2D eigenvalue weighted by Gasteiger charge is 2.26. The molecular weight excluding hydrogens is 294 g/mol. The van der Waals surface area contributed by atoms with Crippen LogP contribution in [0.1, 0.15) is 32.6 Å². The van der Waals surface area contributed by atoms with E-state index in [0.717, 1.165) is 37.8 Å². The average molecular weight is 313 g/mol. The van der Waals surface area contributed by atoms with Gasteiger partial charge in [0.15, 0.2) is 0 Å². The quantitative estimate of drug-likeness (QED) is 0.501. The molecule has 1 saturated carbocycles. The number of nitrogens with zero attached hydrogens (tertiary/aromatic N) is 1. The van der Waals surface area contributed by atoms with Gasteiger partial charge in [0.05, 0.1) is 10.6 Å². The minimum atomic E-state index is -3.75. The highest BCUT2D eigenvalue weighted by molar-refractivity contribution is 7.89. The molecule has 1 fully saturated rings. The van der Waals surface area contributed by atoms with Gasteiger partial charge in [0.1, 0.15) is 4.90 Å². The van der Waals surface area contributed by atoms with Crippen LogP contribution in [0.15, 0.2) is 23.1 Å². The maximum atomic E-state index is 12.3. The molecule has 1 aliphatic rings. The van der Waals surface area contributed by atoms with Crippen molar-refractivity contribution in [2.75, 3.05) is 5.73 Å². The molecule has 0 bridgehead atoms. The predicted molar refractivity (Wildman–Crippen MR) is 79.3 cm³/mol. The summed E-state index contributed by atoms with van der Waals surface area (Å²) in [5.74, 6) is 0.621. The summed E-state index contributed by atoms with van der Waals surface area (Å²) in [4.78, 5) is 9.93. The summed E-state index contributed by atoms with van der Waals surface area (Å²) < 4.78 is 27.3. The molecule has 1 aliphatic carbocycles. The van der Waals surface area contributed by atoms with Gasteiger partial charge in [0.25, 0.3) is 5.69 Å². The van der Waals surface area contributed by atoms with Crippen LogP contribution in [0.2, 0.25) is 0 Å². The number of rotatable bonds is 4. The van der Waals surface area contributed by atoms with Crippen LogP contribution in [0, 0.1) is 16.0 Å². The Morgan fingerprint density at radius 3 is 2.43 bits per heavy atom. The number of nitrogens with two attached hydrogens (primary N) is 1. The lowest BCUT2D eigenvalue weighted by Gasteiger charge is -2.26. The van der Waals surface area contributed by atoms with Gasteiger partial charge in [-0.25, -0.2) is 13.1 Å². The molecule has 0 aromatic heterocycles. The van der Waals surface area contributed by atoms with Crippen molar-refractivity contribution in [3.05, 3.63) is 28.3 Å². The molecule has 0 aliphatic heterocycles. The van der Waals surface area contributed by atoms with Crippen LogP contribution >= 0.6 is 0 Å². The Morgan fingerprint density at radius 2 is 1.90 bits per heavy atom. The zero-order valence-corrected chi connectivity index (χ0v) is 12.6. The molecule has 1 aromatic carbocycles. The monoisotopic (exact) mass is 313 g/mol. The van der Waals surface area contributed by atoms with Gasteiger partial charge in [-0.3, -0.25) is 10.1 Å². The van der Waals surface area contributed by atoms with Gasteiger partial charge in [0.2, 0.25) is 10.0 Å². The van der Waals surface area contributed by atoms with Gasteiger partial charge in [-0.15, -0.1) is 0 Å². The summed E-state index contributed by atoms with van der Waals surface area (Å²) in [7, 11) is -3.75. The van der Waals surface area contributed by atoms with Gasteiger partial charge in [-0.1, -0.05) is 6.92 Å². The highest BCUT2D eigenvalue weighted by Crippen LogP contribution is 2.27. The van der Waals surface area contributed by atoms with Gasteiger partial charge < -0.3 is 5.73 Å². The number of sulfonamides is 1. The minimum Gasteiger partial charge on any atom is -0.397 e. The third-order valence-corrected chi connectivity index (χ3v) is 5.43. The summed E-state index contributed by atoms with van der Waals surface area (Å²) in [5, 5.41) is 10.6. The number of benzene rings is 1. The molecule has 8 heteroatoms. The maximum absolute atomic E-state index is 12.3. The second kappa shape index (κ2) is 5.98. The second-order valence-corrected chi connectivity index (χ2v) is 7.24. The Labute approximate surface area is 123 Å². The second-order valence-electron chi connectivity index (χ2n) is 5.56. The SMILES string of the molecule is CC1CCC(NS(=O)(=O)c2ccc([N+](=O)[O-])cc2N)CC1. The Morgan fingerprint density at radius 1 is 1.29 bits per heavy atom. The van der Waals surface area contributed by atoms with Crippen LogP contribution in [0.25, 0.3) is 0 Å². The molecule has 0 atom stereocenters. The lowest BCUT2D eigenvalue weighted by atomic mass is 9.88. The standard InChI is InChI=1S/C13H19N3O4S/c1-9-2-4-10(5-3-9)15-21(19,20)13-7-6-11(16(17)18)8-12(13)14/h6-10,15H,2-5,14H2,1H3. The average Bonchev–Trinajstić information content (AvgIpc) is 2.40. The van der Waals surface area contributed by atoms with Gasteiger partial charge >= 0.3 is 0 Å². The van der Waals surface area contributed by atoms with Crippen LogP contribution in [-0.2, 0) is 10.0 Å². The molecule has 0 spiro atoms. The Balaban J connectivity index is 2.18.